The zero-order chi connectivity index (χ0) is 29.1. The van der Waals surface area contributed by atoms with Crippen molar-refractivity contribution in [3.05, 3.63) is 118 Å². The van der Waals surface area contributed by atoms with E-state index in [1.165, 1.54) is 11.3 Å². The van der Waals surface area contributed by atoms with Gasteiger partial charge in [-0.1, -0.05) is 72.0 Å². The van der Waals surface area contributed by atoms with Gasteiger partial charge < -0.3 is 14.2 Å². The Bertz CT molecular complexity index is 1790. The van der Waals surface area contributed by atoms with Gasteiger partial charge in [0.25, 0.3) is 5.56 Å². The molecule has 0 fully saturated rings. The number of hydrogen-bond acceptors (Lipinski definition) is 7. The number of fused-ring (bicyclic) bond motifs is 1. The standard InChI is InChI=1S/C32H29IN2O5S/c1-5-39-31(37)26-27(21-12-8-6-9-13-21)34-32-35(28(26)22-14-10-7-11-15-22)30(36)25(41-32)18-20-16-23(33)29(40-19(2)3)24(17-20)38-4/h6-19,28H,5H2,1-4H3/b25-18-/t28-/m0/s1. The van der Waals surface area contributed by atoms with Crippen molar-refractivity contribution >= 4 is 51.7 Å². The predicted octanol–water partition coefficient (Wildman–Crippen LogP) is 5.34. The van der Waals surface area contributed by atoms with E-state index in [1.54, 1.807) is 18.6 Å². The summed E-state index contributed by atoms with van der Waals surface area (Å²) >= 11 is 3.49. The van der Waals surface area contributed by atoms with Crippen molar-refractivity contribution in [3.63, 3.8) is 0 Å². The van der Waals surface area contributed by atoms with E-state index in [-0.39, 0.29) is 18.3 Å². The number of thiazole rings is 1. The van der Waals surface area contributed by atoms with Crippen molar-refractivity contribution in [2.24, 2.45) is 4.99 Å². The minimum Gasteiger partial charge on any atom is -0.493 e. The zero-order valence-electron chi connectivity index (χ0n) is 23.1. The molecule has 1 aromatic heterocycles. The summed E-state index contributed by atoms with van der Waals surface area (Å²) in [4.78, 5) is 33.0. The van der Waals surface area contributed by atoms with Crippen LogP contribution in [0.15, 0.2) is 88.2 Å². The SMILES string of the molecule is CCOC(=O)C1=C(c2ccccc2)N=c2s/c(=C\c3cc(I)c(OC(C)C)c(OC)c3)c(=O)n2[C@H]1c1ccccc1. The van der Waals surface area contributed by atoms with Crippen LogP contribution in [0.4, 0.5) is 0 Å². The molecule has 0 spiro atoms. The quantitative estimate of drug-likeness (QED) is 0.186. The maximum absolute atomic E-state index is 14.1. The zero-order valence-corrected chi connectivity index (χ0v) is 26.1. The van der Waals surface area contributed by atoms with Crippen LogP contribution in [0, 0.1) is 3.57 Å². The Morgan fingerprint density at radius 3 is 2.41 bits per heavy atom. The first-order valence-electron chi connectivity index (χ1n) is 13.2. The van der Waals surface area contributed by atoms with E-state index in [2.05, 4.69) is 22.6 Å². The third-order valence-corrected chi connectivity index (χ3v) is 8.18. The number of halogens is 1. The second-order valence-electron chi connectivity index (χ2n) is 9.54. The van der Waals surface area contributed by atoms with Gasteiger partial charge in [-0.3, -0.25) is 9.36 Å². The lowest BCUT2D eigenvalue weighted by Gasteiger charge is -2.25. The molecule has 0 saturated heterocycles. The van der Waals surface area contributed by atoms with Crippen LogP contribution in [0.2, 0.25) is 0 Å². The molecule has 0 amide bonds. The minimum absolute atomic E-state index is 0.0163. The Hall–Kier alpha value is -3.70. The van der Waals surface area contributed by atoms with Crippen LogP contribution >= 0.6 is 33.9 Å². The first-order chi connectivity index (χ1) is 19.8. The number of esters is 1. The van der Waals surface area contributed by atoms with E-state index < -0.39 is 12.0 Å². The monoisotopic (exact) mass is 680 g/mol. The first kappa shape index (κ1) is 28.8. The highest BCUT2D eigenvalue weighted by molar-refractivity contribution is 14.1. The summed E-state index contributed by atoms with van der Waals surface area (Å²) in [6.07, 6.45) is 1.81. The smallest absolute Gasteiger partial charge is 0.338 e. The summed E-state index contributed by atoms with van der Waals surface area (Å²) in [7, 11) is 1.60. The lowest BCUT2D eigenvalue weighted by Crippen LogP contribution is -2.40. The molecular formula is C32H29IN2O5S. The van der Waals surface area contributed by atoms with Gasteiger partial charge in [0.15, 0.2) is 16.3 Å². The Kier molecular flexibility index (Phi) is 8.74. The van der Waals surface area contributed by atoms with E-state index in [0.29, 0.717) is 32.1 Å². The highest BCUT2D eigenvalue weighted by Crippen LogP contribution is 2.36. The molecule has 3 aromatic carbocycles. The van der Waals surface area contributed by atoms with E-state index in [9.17, 15) is 9.59 Å². The summed E-state index contributed by atoms with van der Waals surface area (Å²) in [5.74, 6) is 0.749. The number of ether oxygens (including phenoxy) is 3. The Morgan fingerprint density at radius 2 is 1.78 bits per heavy atom. The molecule has 0 aliphatic carbocycles. The Balaban J connectivity index is 1.76. The maximum atomic E-state index is 14.1. The minimum atomic E-state index is -0.708. The van der Waals surface area contributed by atoms with Crippen LogP contribution < -0.4 is 24.4 Å². The molecular weight excluding hydrogens is 651 g/mol. The van der Waals surface area contributed by atoms with Crippen molar-refractivity contribution in [1.29, 1.82) is 0 Å². The third-order valence-electron chi connectivity index (χ3n) is 6.39. The van der Waals surface area contributed by atoms with Crippen LogP contribution in [0.3, 0.4) is 0 Å². The molecule has 0 radical (unpaired) electrons. The topological polar surface area (TPSA) is 79.1 Å². The molecule has 4 aromatic rings. The van der Waals surface area contributed by atoms with E-state index in [1.807, 2.05) is 92.7 Å². The number of methoxy groups -OCH3 is 1. The number of nitrogens with zero attached hydrogens (tertiary/aromatic N) is 2. The van der Waals surface area contributed by atoms with Gasteiger partial charge in [0, 0.05) is 5.56 Å². The number of carbonyl (C=O) groups excluding carboxylic acids is 1. The second-order valence-corrected chi connectivity index (χ2v) is 11.7. The predicted molar refractivity (Wildman–Crippen MR) is 169 cm³/mol. The van der Waals surface area contributed by atoms with Gasteiger partial charge in [0.05, 0.1) is 45.2 Å². The van der Waals surface area contributed by atoms with Crippen molar-refractivity contribution in [2.75, 3.05) is 13.7 Å². The van der Waals surface area contributed by atoms with Crippen LogP contribution in [0.25, 0.3) is 11.8 Å². The molecule has 1 atom stereocenters. The average molecular weight is 681 g/mol. The summed E-state index contributed by atoms with van der Waals surface area (Å²) in [5.41, 5.74) is 2.93. The van der Waals surface area contributed by atoms with Crippen LogP contribution in [-0.2, 0) is 9.53 Å². The molecule has 5 rings (SSSR count). The maximum Gasteiger partial charge on any atom is 0.338 e. The summed E-state index contributed by atoms with van der Waals surface area (Å²) in [6.45, 7) is 5.89. The van der Waals surface area contributed by atoms with E-state index in [0.717, 1.165) is 20.3 Å². The highest BCUT2D eigenvalue weighted by atomic mass is 127. The molecule has 210 valence electrons. The van der Waals surface area contributed by atoms with Crippen molar-refractivity contribution in [3.8, 4) is 11.5 Å². The third kappa shape index (κ3) is 5.87. The van der Waals surface area contributed by atoms with Gasteiger partial charge in [-0.15, -0.1) is 0 Å². The molecule has 0 N–H and O–H groups in total. The van der Waals surface area contributed by atoms with Gasteiger partial charge in [-0.25, -0.2) is 9.79 Å². The fourth-order valence-corrected chi connectivity index (χ4v) is 6.47. The summed E-state index contributed by atoms with van der Waals surface area (Å²) in [6, 6.07) is 22.1. The Labute approximate surface area is 255 Å². The fraction of sp³-hybridized carbons (Fsp3) is 0.219. The molecule has 41 heavy (non-hydrogen) atoms. The summed E-state index contributed by atoms with van der Waals surface area (Å²) < 4.78 is 20.0. The van der Waals surface area contributed by atoms with E-state index >= 15 is 0 Å². The highest BCUT2D eigenvalue weighted by Gasteiger charge is 2.35. The fourth-order valence-electron chi connectivity index (χ4n) is 4.72. The molecule has 0 unspecified atom stereocenters. The van der Waals surface area contributed by atoms with Crippen LogP contribution in [0.5, 0.6) is 11.5 Å². The number of rotatable bonds is 8. The van der Waals surface area contributed by atoms with Crippen molar-refractivity contribution in [1.82, 2.24) is 4.57 Å². The van der Waals surface area contributed by atoms with Gasteiger partial charge >= 0.3 is 5.97 Å². The van der Waals surface area contributed by atoms with Crippen molar-refractivity contribution in [2.45, 2.75) is 32.9 Å². The molecule has 2 heterocycles. The number of carbonyl (C=O) groups is 1. The van der Waals surface area contributed by atoms with Gasteiger partial charge in [-0.05, 0) is 72.7 Å². The lowest BCUT2D eigenvalue weighted by molar-refractivity contribution is -0.138. The average Bonchev–Trinajstić information content (AvgIpc) is 3.28. The van der Waals surface area contributed by atoms with Gasteiger partial charge in [-0.2, -0.15) is 0 Å². The molecule has 7 nitrogen and oxygen atoms in total. The molecule has 1 aliphatic heterocycles. The normalized spacial score (nSPS) is 15.0. The van der Waals surface area contributed by atoms with Gasteiger partial charge in [0.1, 0.15) is 0 Å². The number of aromatic nitrogens is 1. The molecule has 0 bridgehead atoms. The van der Waals surface area contributed by atoms with Crippen molar-refractivity contribution < 1.29 is 19.0 Å². The van der Waals surface area contributed by atoms with Crippen LogP contribution in [0.1, 0.15) is 43.5 Å². The molecule has 1 aliphatic rings. The van der Waals surface area contributed by atoms with E-state index in [4.69, 9.17) is 19.2 Å². The lowest BCUT2D eigenvalue weighted by atomic mass is 9.93. The second kappa shape index (κ2) is 12.4. The molecule has 9 heteroatoms. The first-order valence-corrected chi connectivity index (χ1v) is 15.1. The summed E-state index contributed by atoms with van der Waals surface area (Å²) in [5, 5.41) is 0. The Morgan fingerprint density at radius 1 is 1.10 bits per heavy atom. The number of benzene rings is 3. The largest absolute Gasteiger partial charge is 0.493 e. The van der Waals surface area contributed by atoms with Crippen LogP contribution in [-0.4, -0.2) is 30.4 Å². The van der Waals surface area contributed by atoms with Gasteiger partial charge in [0.2, 0.25) is 0 Å². The number of hydrogen-bond donors (Lipinski definition) is 0. The molecule has 0 saturated carbocycles.